The van der Waals surface area contributed by atoms with Gasteiger partial charge in [0.2, 0.25) is 0 Å². The van der Waals surface area contributed by atoms with Crippen LogP contribution in [0.2, 0.25) is 0 Å². The number of fused-ring (bicyclic) bond motifs is 1. The zero-order valence-electron chi connectivity index (χ0n) is 19.0. The van der Waals surface area contributed by atoms with Crippen molar-refractivity contribution >= 4 is 22.4 Å². The van der Waals surface area contributed by atoms with E-state index in [9.17, 15) is 4.79 Å². The summed E-state index contributed by atoms with van der Waals surface area (Å²) in [6.07, 6.45) is 0. The van der Waals surface area contributed by atoms with Gasteiger partial charge in [0, 0.05) is 27.9 Å². The lowest BCUT2D eigenvalue weighted by molar-refractivity contribution is 0.0919. The standard InChI is InChI=1S/C26H32N2O2/c1-25(2,3)22-15-19(24(29)28-26(4,5)6)14-21(23(22)30-7)18-9-8-17-13-20(27)11-10-16(17)12-18/h8-15H,27H2,1-7H3,(H,28,29). The summed E-state index contributed by atoms with van der Waals surface area (Å²) in [4.78, 5) is 13.0. The lowest BCUT2D eigenvalue weighted by Gasteiger charge is -2.26. The van der Waals surface area contributed by atoms with E-state index in [0.717, 1.165) is 38.9 Å². The van der Waals surface area contributed by atoms with Gasteiger partial charge in [-0.15, -0.1) is 0 Å². The number of methoxy groups -OCH3 is 1. The van der Waals surface area contributed by atoms with Crippen molar-refractivity contribution in [3.8, 4) is 16.9 Å². The number of nitrogen functional groups attached to an aromatic ring is 1. The molecule has 158 valence electrons. The number of rotatable bonds is 3. The Hall–Kier alpha value is -3.01. The Labute approximate surface area is 179 Å². The van der Waals surface area contributed by atoms with Gasteiger partial charge < -0.3 is 15.8 Å². The van der Waals surface area contributed by atoms with Crippen LogP contribution in [0.15, 0.2) is 48.5 Å². The molecule has 3 aromatic carbocycles. The average molecular weight is 405 g/mol. The second-order valence-electron chi connectivity index (χ2n) is 9.88. The molecule has 0 aliphatic carbocycles. The van der Waals surface area contributed by atoms with Gasteiger partial charge in [-0.1, -0.05) is 39.0 Å². The summed E-state index contributed by atoms with van der Waals surface area (Å²) in [6.45, 7) is 12.3. The fourth-order valence-electron chi connectivity index (χ4n) is 3.60. The van der Waals surface area contributed by atoms with Crippen molar-refractivity contribution in [2.45, 2.75) is 52.5 Å². The highest BCUT2D eigenvalue weighted by Gasteiger charge is 2.26. The van der Waals surface area contributed by atoms with E-state index in [1.807, 2.05) is 51.1 Å². The third kappa shape index (κ3) is 4.59. The highest BCUT2D eigenvalue weighted by molar-refractivity contribution is 5.98. The summed E-state index contributed by atoms with van der Waals surface area (Å²) in [5, 5.41) is 5.24. The van der Waals surface area contributed by atoms with Crippen LogP contribution in [0.1, 0.15) is 57.5 Å². The van der Waals surface area contributed by atoms with Crippen molar-refractivity contribution in [2.24, 2.45) is 0 Å². The molecule has 1 amide bonds. The van der Waals surface area contributed by atoms with Crippen LogP contribution in [0.25, 0.3) is 21.9 Å². The molecule has 0 spiro atoms. The van der Waals surface area contributed by atoms with Crippen LogP contribution in [0.5, 0.6) is 5.75 Å². The summed E-state index contributed by atoms with van der Waals surface area (Å²) in [7, 11) is 1.69. The van der Waals surface area contributed by atoms with Crippen molar-refractivity contribution in [3.63, 3.8) is 0 Å². The van der Waals surface area contributed by atoms with Crippen LogP contribution in [-0.4, -0.2) is 18.6 Å². The molecule has 0 fully saturated rings. The largest absolute Gasteiger partial charge is 0.496 e. The van der Waals surface area contributed by atoms with Crippen LogP contribution in [0.4, 0.5) is 5.69 Å². The predicted octanol–water partition coefficient (Wildman–Crippen LogP) is 5.92. The number of nitrogens with two attached hydrogens (primary N) is 1. The third-order valence-electron chi connectivity index (χ3n) is 5.03. The minimum absolute atomic E-state index is 0.0922. The molecule has 0 aliphatic rings. The molecular weight excluding hydrogens is 372 g/mol. The van der Waals surface area contributed by atoms with Gasteiger partial charge in [0.1, 0.15) is 5.75 Å². The minimum Gasteiger partial charge on any atom is -0.496 e. The molecular formula is C26H32N2O2. The van der Waals surface area contributed by atoms with E-state index in [1.54, 1.807) is 7.11 Å². The number of hydrogen-bond donors (Lipinski definition) is 2. The Kier molecular flexibility index (Phi) is 5.55. The number of ether oxygens (including phenoxy) is 1. The molecule has 0 saturated carbocycles. The van der Waals surface area contributed by atoms with Gasteiger partial charge in [0.05, 0.1) is 7.11 Å². The second kappa shape index (κ2) is 7.67. The van der Waals surface area contributed by atoms with Crippen LogP contribution in [0.3, 0.4) is 0 Å². The monoisotopic (exact) mass is 404 g/mol. The van der Waals surface area contributed by atoms with E-state index in [0.29, 0.717) is 5.56 Å². The van der Waals surface area contributed by atoms with E-state index < -0.39 is 0 Å². The minimum atomic E-state index is -0.318. The van der Waals surface area contributed by atoms with Crippen LogP contribution >= 0.6 is 0 Å². The molecule has 0 unspecified atom stereocenters. The van der Waals surface area contributed by atoms with Crippen molar-refractivity contribution < 1.29 is 9.53 Å². The smallest absolute Gasteiger partial charge is 0.251 e. The lowest BCUT2D eigenvalue weighted by Crippen LogP contribution is -2.40. The lowest BCUT2D eigenvalue weighted by atomic mass is 9.82. The molecule has 0 bridgehead atoms. The Morgan fingerprint density at radius 3 is 2.13 bits per heavy atom. The Balaban J connectivity index is 2.25. The van der Waals surface area contributed by atoms with Crippen molar-refractivity contribution in [1.82, 2.24) is 5.32 Å². The van der Waals surface area contributed by atoms with E-state index in [-0.39, 0.29) is 16.9 Å². The number of carbonyl (C=O) groups excluding carboxylic acids is 1. The van der Waals surface area contributed by atoms with E-state index in [4.69, 9.17) is 10.5 Å². The Morgan fingerprint density at radius 2 is 1.53 bits per heavy atom. The molecule has 0 saturated heterocycles. The summed E-state index contributed by atoms with van der Waals surface area (Å²) < 4.78 is 5.87. The maximum Gasteiger partial charge on any atom is 0.251 e. The SMILES string of the molecule is COc1c(-c2ccc3cc(N)ccc3c2)cc(C(=O)NC(C)(C)C)cc1C(C)(C)C. The highest BCUT2D eigenvalue weighted by Crippen LogP contribution is 2.41. The molecule has 4 heteroatoms. The van der Waals surface area contributed by atoms with Gasteiger partial charge in [0.25, 0.3) is 5.91 Å². The van der Waals surface area contributed by atoms with Gasteiger partial charge in [0.15, 0.2) is 0 Å². The number of nitrogens with one attached hydrogen (secondary N) is 1. The molecule has 0 radical (unpaired) electrons. The molecule has 0 heterocycles. The molecule has 3 aromatic rings. The molecule has 30 heavy (non-hydrogen) atoms. The maximum absolute atomic E-state index is 13.0. The number of hydrogen-bond acceptors (Lipinski definition) is 3. The Bertz CT molecular complexity index is 1100. The summed E-state index contributed by atoms with van der Waals surface area (Å²) in [6, 6.07) is 16.0. The first-order valence-corrected chi connectivity index (χ1v) is 10.2. The van der Waals surface area contributed by atoms with Crippen LogP contribution < -0.4 is 15.8 Å². The van der Waals surface area contributed by atoms with Crippen molar-refractivity contribution in [2.75, 3.05) is 12.8 Å². The third-order valence-corrected chi connectivity index (χ3v) is 5.03. The van der Waals surface area contributed by atoms with Crippen LogP contribution in [0, 0.1) is 0 Å². The zero-order chi connectivity index (χ0) is 22.3. The first kappa shape index (κ1) is 21.7. The molecule has 3 N–H and O–H groups in total. The number of amides is 1. The second-order valence-corrected chi connectivity index (χ2v) is 9.88. The molecule has 0 aliphatic heterocycles. The van der Waals surface area contributed by atoms with Crippen molar-refractivity contribution in [3.05, 3.63) is 59.7 Å². The fourth-order valence-corrected chi connectivity index (χ4v) is 3.60. The zero-order valence-corrected chi connectivity index (χ0v) is 19.0. The van der Waals surface area contributed by atoms with E-state index in [1.165, 1.54) is 0 Å². The number of anilines is 1. The topological polar surface area (TPSA) is 64.3 Å². The summed E-state index contributed by atoms with van der Waals surface area (Å²) >= 11 is 0. The van der Waals surface area contributed by atoms with E-state index in [2.05, 4.69) is 44.3 Å². The summed E-state index contributed by atoms with van der Waals surface area (Å²) in [5.74, 6) is 0.704. The summed E-state index contributed by atoms with van der Waals surface area (Å²) in [5.41, 5.74) is 9.69. The molecule has 3 rings (SSSR count). The van der Waals surface area contributed by atoms with Gasteiger partial charge in [-0.2, -0.15) is 0 Å². The Morgan fingerprint density at radius 1 is 0.900 bits per heavy atom. The molecule has 0 aromatic heterocycles. The first-order chi connectivity index (χ1) is 13.9. The van der Waals surface area contributed by atoms with Gasteiger partial charge in [-0.05, 0) is 72.9 Å². The van der Waals surface area contributed by atoms with Gasteiger partial charge >= 0.3 is 0 Å². The van der Waals surface area contributed by atoms with Crippen molar-refractivity contribution in [1.29, 1.82) is 0 Å². The number of benzene rings is 3. The quantitative estimate of drug-likeness (QED) is 0.532. The molecule has 0 atom stereocenters. The van der Waals surface area contributed by atoms with Crippen LogP contribution in [-0.2, 0) is 5.41 Å². The maximum atomic E-state index is 13.0. The number of carbonyl (C=O) groups is 1. The fraction of sp³-hybridized carbons (Fsp3) is 0.346. The van der Waals surface area contributed by atoms with Gasteiger partial charge in [-0.3, -0.25) is 4.79 Å². The first-order valence-electron chi connectivity index (χ1n) is 10.2. The predicted molar refractivity (Wildman–Crippen MR) is 126 cm³/mol. The average Bonchev–Trinajstić information content (AvgIpc) is 2.64. The van der Waals surface area contributed by atoms with Gasteiger partial charge in [-0.25, -0.2) is 0 Å². The van der Waals surface area contributed by atoms with E-state index >= 15 is 0 Å². The normalized spacial score (nSPS) is 12.1. The highest BCUT2D eigenvalue weighted by atomic mass is 16.5. The molecule has 4 nitrogen and oxygen atoms in total.